The minimum absolute atomic E-state index is 1.13. The van der Waals surface area contributed by atoms with Crippen LogP contribution in [0.4, 0.5) is 0 Å². The molecule has 0 amide bonds. The standard InChI is InChI=1S/C54H60S3/c1-4-7-10-16-31-43-37-55-52(49(43)40-25-19-13-20-26-40)46-34-47(53-50(41-27-21-14-22-28-41)44(38-56-53)32-17-11-8-5-2)36-48(35-46)54-51(42-29-23-15-24-30-42)45(39-57-54)33-18-12-9-6-3/h13-15,19-30,34-39H,4-12,16-18,31-33H2,1-3H3. The molecular weight excluding hydrogens is 745 g/mol. The van der Waals surface area contributed by atoms with Crippen molar-refractivity contribution in [2.75, 3.05) is 0 Å². The van der Waals surface area contributed by atoms with E-state index in [9.17, 15) is 0 Å². The van der Waals surface area contributed by atoms with Crippen molar-refractivity contribution in [3.8, 4) is 64.7 Å². The van der Waals surface area contributed by atoms with Crippen LogP contribution < -0.4 is 0 Å². The molecule has 0 aliphatic heterocycles. The third-order valence-corrected chi connectivity index (χ3v) is 14.6. The Bertz CT molecular complexity index is 1980. The quantitative estimate of drug-likeness (QED) is 0.0635. The van der Waals surface area contributed by atoms with Crippen molar-refractivity contribution in [1.29, 1.82) is 0 Å². The van der Waals surface area contributed by atoms with Gasteiger partial charge in [-0.05, 0) is 123 Å². The molecule has 0 aliphatic rings. The first-order valence-electron chi connectivity index (χ1n) is 21.8. The molecule has 0 N–H and O–H groups in total. The van der Waals surface area contributed by atoms with Crippen molar-refractivity contribution in [3.63, 3.8) is 0 Å². The molecule has 0 aliphatic carbocycles. The van der Waals surface area contributed by atoms with E-state index < -0.39 is 0 Å². The van der Waals surface area contributed by atoms with Gasteiger partial charge in [-0.1, -0.05) is 170 Å². The van der Waals surface area contributed by atoms with Crippen LogP contribution in [0.1, 0.15) is 115 Å². The van der Waals surface area contributed by atoms with Crippen LogP contribution in [0.3, 0.4) is 0 Å². The van der Waals surface area contributed by atoms with E-state index in [1.54, 1.807) is 0 Å². The Hall–Kier alpha value is -4.02. The topological polar surface area (TPSA) is 0 Å². The summed E-state index contributed by atoms with van der Waals surface area (Å²) < 4.78 is 0. The van der Waals surface area contributed by atoms with Gasteiger partial charge in [0.2, 0.25) is 0 Å². The number of hydrogen-bond acceptors (Lipinski definition) is 3. The predicted molar refractivity (Wildman–Crippen MR) is 256 cm³/mol. The first kappa shape index (κ1) is 41.2. The minimum Gasteiger partial charge on any atom is -0.143 e. The van der Waals surface area contributed by atoms with Crippen molar-refractivity contribution in [2.24, 2.45) is 0 Å². The Morgan fingerprint density at radius 1 is 0.316 bits per heavy atom. The average Bonchev–Trinajstić information content (AvgIpc) is 4.01. The molecule has 7 aromatic rings. The van der Waals surface area contributed by atoms with Gasteiger partial charge in [-0.25, -0.2) is 0 Å². The van der Waals surface area contributed by atoms with Crippen molar-refractivity contribution >= 4 is 34.0 Å². The molecular formula is C54H60S3. The second-order valence-corrected chi connectivity index (χ2v) is 18.4. The lowest BCUT2D eigenvalue weighted by Crippen LogP contribution is -1.92. The normalized spacial score (nSPS) is 11.4. The zero-order valence-corrected chi connectivity index (χ0v) is 36.9. The predicted octanol–water partition coefficient (Wildman–Crippen LogP) is 18.2. The molecule has 0 atom stereocenters. The Balaban J connectivity index is 1.43. The van der Waals surface area contributed by atoms with E-state index in [1.165, 1.54) is 158 Å². The van der Waals surface area contributed by atoms with Crippen LogP contribution in [-0.2, 0) is 19.3 Å². The van der Waals surface area contributed by atoms with Crippen LogP contribution in [-0.4, -0.2) is 0 Å². The lowest BCUT2D eigenvalue weighted by molar-refractivity contribution is 0.668. The highest BCUT2D eigenvalue weighted by Gasteiger charge is 2.23. The summed E-state index contributed by atoms with van der Waals surface area (Å²) in [7, 11) is 0. The SMILES string of the molecule is CCCCCCc1csc(-c2cc(-c3scc(CCCCCC)c3-c3ccccc3)cc(-c3scc(CCCCCC)c3-c3ccccc3)c2)c1-c1ccccc1. The molecule has 3 heterocycles. The molecule has 0 fully saturated rings. The van der Waals surface area contributed by atoms with E-state index in [4.69, 9.17) is 0 Å². The fourth-order valence-electron chi connectivity index (χ4n) is 8.38. The molecule has 0 spiro atoms. The van der Waals surface area contributed by atoms with E-state index >= 15 is 0 Å². The molecule has 0 nitrogen and oxygen atoms in total. The smallest absolute Gasteiger partial charge is 0.0424 e. The van der Waals surface area contributed by atoms with Gasteiger partial charge < -0.3 is 0 Å². The number of aryl methyl sites for hydroxylation is 3. The molecule has 57 heavy (non-hydrogen) atoms. The van der Waals surface area contributed by atoms with Gasteiger partial charge in [0.25, 0.3) is 0 Å². The Morgan fingerprint density at radius 3 is 0.860 bits per heavy atom. The van der Waals surface area contributed by atoms with Crippen LogP contribution in [0.15, 0.2) is 125 Å². The Morgan fingerprint density at radius 2 is 0.596 bits per heavy atom. The molecule has 0 radical (unpaired) electrons. The molecule has 294 valence electrons. The summed E-state index contributed by atoms with van der Waals surface area (Å²) in [6.45, 7) is 6.92. The number of unbranched alkanes of at least 4 members (excludes halogenated alkanes) is 9. The zero-order valence-electron chi connectivity index (χ0n) is 34.5. The van der Waals surface area contributed by atoms with Crippen LogP contribution >= 0.6 is 34.0 Å². The fraction of sp³-hybridized carbons (Fsp3) is 0.333. The van der Waals surface area contributed by atoms with E-state index in [-0.39, 0.29) is 0 Å². The third kappa shape index (κ3) is 10.2. The molecule has 7 rings (SSSR count). The summed E-state index contributed by atoms with van der Waals surface area (Å²) >= 11 is 5.84. The molecule has 0 bridgehead atoms. The van der Waals surface area contributed by atoms with Gasteiger partial charge in [0.05, 0.1) is 0 Å². The molecule has 0 saturated heterocycles. The zero-order chi connectivity index (χ0) is 39.2. The summed E-state index contributed by atoms with van der Waals surface area (Å²) in [6, 6.07) is 41.2. The first-order chi connectivity index (χ1) is 28.2. The molecule has 0 unspecified atom stereocenters. The highest BCUT2D eigenvalue weighted by atomic mass is 32.1. The van der Waals surface area contributed by atoms with Crippen molar-refractivity contribution < 1.29 is 0 Å². The largest absolute Gasteiger partial charge is 0.143 e. The van der Waals surface area contributed by atoms with E-state index in [0.717, 1.165) is 19.3 Å². The maximum Gasteiger partial charge on any atom is 0.0424 e. The lowest BCUT2D eigenvalue weighted by atomic mass is 9.90. The van der Waals surface area contributed by atoms with Gasteiger partial charge in [0.15, 0.2) is 0 Å². The maximum atomic E-state index is 2.53. The molecule has 3 aromatic heterocycles. The van der Waals surface area contributed by atoms with E-state index in [0.29, 0.717) is 0 Å². The highest BCUT2D eigenvalue weighted by molar-refractivity contribution is 7.15. The lowest BCUT2D eigenvalue weighted by Gasteiger charge is -2.15. The number of thiophene rings is 3. The van der Waals surface area contributed by atoms with E-state index in [1.807, 2.05) is 34.0 Å². The van der Waals surface area contributed by atoms with Gasteiger partial charge in [-0.15, -0.1) is 34.0 Å². The molecule has 3 heteroatoms. The Kier molecular flexibility index (Phi) is 15.2. The monoisotopic (exact) mass is 804 g/mol. The number of benzene rings is 4. The number of hydrogen-bond donors (Lipinski definition) is 0. The summed E-state index contributed by atoms with van der Waals surface area (Å²) in [5.41, 5.74) is 16.8. The van der Waals surface area contributed by atoms with Crippen LogP contribution in [0.2, 0.25) is 0 Å². The van der Waals surface area contributed by atoms with Gasteiger partial charge in [0, 0.05) is 31.3 Å². The summed E-state index contributed by atoms with van der Waals surface area (Å²) in [6.07, 6.45) is 18.7. The Labute approximate surface area is 355 Å². The molecule has 4 aromatic carbocycles. The number of rotatable bonds is 21. The van der Waals surface area contributed by atoms with Crippen molar-refractivity contribution in [3.05, 3.63) is 142 Å². The van der Waals surface area contributed by atoms with E-state index in [2.05, 4.69) is 146 Å². The summed E-state index contributed by atoms with van der Waals surface area (Å²) in [5.74, 6) is 0. The van der Waals surface area contributed by atoms with Gasteiger partial charge in [-0.2, -0.15) is 0 Å². The van der Waals surface area contributed by atoms with Gasteiger partial charge >= 0.3 is 0 Å². The first-order valence-corrected chi connectivity index (χ1v) is 24.5. The van der Waals surface area contributed by atoms with Crippen LogP contribution in [0.25, 0.3) is 64.7 Å². The second-order valence-electron chi connectivity index (χ2n) is 15.7. The average molecular weight is 805 g/mol. The second kappa shape index (κ2) is 21.1. The molecule has 0 saturated carbocycles. The van der Waals surface area contributed by atoms with Gasteiger partial charge in [0.1, 0.15) is 0 Å². The summed E-state index contributed by atoms with van der Waals surface area (Å²) in [4.78, 5) is 4.18. The van der Waals surface area contributed by atoms with Crippen LogP contribution in [0, 0.1) is 0 Å². The fourth-order valence-corrected chi connectivity index (χ4v) is 11.7. The third-order valence-electron chi connectivity index (χ3n) is 11.4. The van der Waals surface area contributed by atoms with Gasteiger partial charge in [-0.3, -0.25) is 0 Å². The minimum atomic E-state index is 1.13. The highest BCUT2D eigenvalue weighted by Crippen LogP contribution is 2.49. The summed E-state index contributed by atoms with van der Waals surface area (Å²) in [5, 5.41) is 7.42. The van der Waals surface area contributed by atoms with Crippen molar-refractivity contribution in [2.45, 2.75) is 117 Å². The van der Waals surface area contributed by atoms with Crippen molar-refractivity contribution in [1.82, 2.24) is 0 Å². The maximum absolute atomic E-state index is 2.53. The van der Waals surface area contributed by atoms with Crippen LogP contribution in [0.5, 0.6) is 0 Å².